The van der Waals surface area contributed by atoms with E-state index in [0.717, 1.165) is 13.0 Å². The molecule has 2 heteroatoms. The topological polar surface area (TPSA) is 20.3 Å². The molecular formula is C10H21NO. The quantitative estimate of drug-likeness (QED) is 0.592. The molecule has 72 valence electrons. The molecule has 1 aliphatic heterocycles. The summed E-state index contributed by atoms with van der Waals surface area (Å²) < 4.78 is 0. The van der Waals surface area contributed by atoms with E-state index in [4.69, 9.17) is 0 Å². The van der Waals surface area contributed by atoms with Crippen LogP contribution in [0.5, 0.6) is 0 Å². The highest BCUT2D eigenvalue weighted by Gasteiger charge is 2.28. The largest absolute Gasteiger partial charge is 0.345 e. The minimum Gasteiger partial charge on any atom is -0.345 e. The summed E-state index contributed by atoms with van der Waals surface area (Å²) >= 11 is 0. The van der Waals surface area contributed by atoms with Gasteiger partial charge in [0.1, 0.15) is 0 Å². The number of nitrogens with zero attached hydrogens (tertiary/aromatic N) is 1. The van der Waals surface area contributed by atoms with Crippen LogP contribution in [0.25, 0.3) is 0 Å². The molecule has 0 saturated carbocycles. The minimum atomic E-state index is 0.304. The van der Waals surface area contributed by atoms with Gasteiger partial charge in [-0.2, -0.15) is 0 Å². The molecule has 0 spiro atoms. The van der Waals surface area contributed by atoms with Crippen molar-refractivity contribution in [1.82, 2.24) is 4.90 Å². The second-order valence-electron chi connectivity index (χ2n) is 3.48. The van der Waals surface area contributed by atoms with Crippen LogP contribution in [0.15, 0.2) is 0 Å². The van der Waals surface area contributed by atoms with E-state index >= 15 is 0 Å². The van der Waals surface area contributed by atoms with E-state index in [2.05, 4.69) is 13.8 Å². The second-order valence-corrected chi connectivity index (χ2v) is 3.48. The predicted molar refractivity (Wildman–Crippen MR) is 51.9 cm³/mol. The highest BCUT2D eigenvalue weighted by Crippen LogP contribution is 2.22. The zero-order valence-corrected chi connectivity index (χ0v) is 8.92. The maximum atomic E-state index is 11.0. The number of hydrogen-bond donors (Lipinski definition) is 0. The SMILES string of the molecule is CC.CC(C)C1CC(=O)N(C)C1. The maximum Gasteiger partial charge on any atom is 0.222 e. The lowest BCUT2D eigenvalue weighted by Gasteiger charge is -2.12. The maximum absolute atomic E-state index is 11.0. The van der Waals surface area contributed by atoms with Crippen molar-refractivity contribution in [1.29, 1.82) is 0 Å². The van der Waals surface area contributed by atoms with Crippen molar-refractivity contribution >= 4 is 5.91 Å². The van der Waals surface area contributed by atoms with Gasteiger partial charge in [-0.3, -0.25) is 4.79 Å². The average Bonchev–Trinajstić information content (AvgIpc) is 2.36. The van der Waals surface area contributed by atoms with E-state index in [1.54, 1.807) is 0 Å². The van der Waals surface area contributed by atoms with E-state index in [1.165, 1.54) is 0 Å². The van der Waals surface area contributed by atoms with Gasteiger partial charge in [-0.25, -0.2) is 0 Å². The molecule has 12 heavy (non-hydrogen) atoms. The molecule has 1 amide bonds. The van der Waals surface area contributed by atoms with Gasteiger partial charge in [0.05, 0.1) is 0 Å². The summed E-state index contributed by atoms with van der Waals surface area (Å²) in [6, 6.07) is 0. The van der Waals surface area contributed by atoms with Crippen LogP contribution in [0.2, 0.25) is 0 Å². The second kappa shape index (κ2) is 5.18. The van der Waals surface area contributed by atoms with Crippen LogP contribution in [0.4, 0.5) is 0 Å². The monoisotopic (exact) mass is 171 g/mol. The molecule has 0 bridgehead atoms. The lowest BCUT2D eigenvalue weighted by atomic mass is 9.95. The number of likely N-dealkylation sites (tertiary alicyclic amines) is 1. The zero-order chi connectivity index (χ0) is 9.72. The Morgan fingerprint density at radius 3 is 2.08 bits per heavy atom. The molecule has 1 aliphatic rings. The Morgan fingerprint density at radius 2 is 1.92 bits per heavy atom. The van der Waals surface area contributed by atoms with Crippen LogP contribution in [-0.4, -0.2) is 24.4 Å². The highest BCUT2D eigenvalue weighted by atomic mass is 16.2. The molecule has 0 aromatic rings. The Morgan fingerprint density at radius 1 is 1.42 bits per heavy atom. The molecule has 1 heterocycles. The third-order valence-electron chi connectivity index (χ3n) is 2.31. The van der Waals surface area contributed by atoms with Gasteiger partial charge < -0.3 is 4.90 Å². The Kier molecular flexibility index (Phi) is 4.95. The van der Waals surface area contributed by atoms with Gasteiger partial charge in [0, 0.05) is 20.0 Å². The molecule has 2 nitrogen and oxygen atoms in total. The normalized spacial score (nSPS) is 22.7. The van der Waals surface area contributed by atoms with Gasteiger partial charge in [0.25, 0.3) is 0 Å². The molecule has 1 fully saturated rings. The third kappa shape index (κ3) is 2.84. The minimum absolute atomic E-state index is 0.304. The molecule has 1 saturated heterocycles. The summed E-state index contributed by atoms with van der Waals surface area (Å²) in [7, 11) is 1.88. The fourth-order valence-corrected chi connectivity index (χ4v) is 1.34. The number of rotatable bonds is 1. The number of carbonyl (C=O) groups excluding carboxylic acids is 1. The lowest BCUT2D eigenvalue weighted by Crippen LogP contribution is -2.19. The molecule has 1 atom stereocenters. The first kappa shape index (κ1) is 11.5. The lowest BCUT2D eigenvalue weighted by molar-refractivity contribution is -0.126. The summed E-state index contributed by atoms with van der Waals surface area (Å²) in [5.74, 6) is 1.55. The fraction of sp³-hybridized carbons (Fsp3) is 0.900. The van der Waals surface area contributed by atoms with Crippen molar-refractivity contribution < 1.29 is 4.79 Å². The van der Waals surface area contributed by atoms with Crippen LogP contribution in [-0.2, 0) is 4.79 Å². The first-order valence-electron chi connectivity index (χ1n) is 4.85. The first-order chi connectivity index (χ1) is 5.61. The van der Waals surface area contributed by atoms with Crippen LogP contribution >= 0.6 is 0 Å². The number of carbonyl (C=O) groups is 1. The van der Waals surface area contributed by atoms with E-state index in [-0.39, 0.29) is 0 Å². The van der Waals surface area contributed by atoms with Gasteiger partial charge in [-0.05, 0) is 11.8 Å². The Labute approximate surface area is 75.9 Å². The molecular weight excluding hydrogens is 150 g/mol. The summed E-state index contributed by atoms with van der Waals surface area (Å²) in [5, 5.41) is 0. The molecule has 0 aromatic heterocycles. The molecule has 0 radical (unpaired) electrons. The van der Waals surface area contributed by atoms with Gasteiger partial charge in [-0.15, -0.1) is 0 Å². The van der Waals surface area contributed by atoms with Crippen molar-refractivity contribution in [2.24, 2.45) is 11.8 Å². The zero-order valence-electron chi connectivity index (χ0n) is 8.92. The summed E-state index contributed by atoms with van der Waals surface area (Å²) in [6.45, 7) is 9.31. The van der Waals surface area contributed by atoms with Crippen LogP contribution in [0.3, 0.4) is 0 Å². The van der Waals surface area contributed by atoms with Crippen molar-refractivity contribution in [3.8, 4) is 0 Å². The van der Waals surface area contributed by atoms with E-state index in [0.29, 0.717) is 17.7 Å². The van der Waals surface area contributed by atoms with E-state index in [1.807, 2.05) is 25.8 Å². The molecule has 1 unspecified atom stereocenters. The Bertz CT molecular complexity index is 143. The van der Waals surface area contributed by atoms with Crippen LogP contribution in [0, 0.1) is 11.8 Å². The van der Waals surface area contributed by atoms with Gasteiger partial charge in [0.2, 0.25) is 5.91 Å². The average molecular weight is 171 g/mol. The molecule has 0 N–H and O–H groups in total. The van der Waals surface area contributed by atoms with Gasteiger partial charge in [0.15, 0.2) is 0 Å². The standard InChI is InChI=1S/C8H15NO.C2H6/c1-6(2)7-4-8(10)9(3)5-7;1-2/h6-7H,4-5H2,1-3H3;1-2H3. The Hall–Kier alpha value is -0.530. The fourth-order valence-electron chi connectivity index (χ4n) is 1.34. The Balaban J connectivity index is 0.000000561. The van der Waals surface area contributed by atoms with Crippen molar-refractivity contribution in [3.05, 3.63) is 0 Å². The van der Waals surface area contributed by atoms with Crippen molar-refractivity contribution in [2.45, 2.75) is 34.1 Å². The van der Waals surface area contributed by atoms with Crippen molar-refractivity contribution in [3.63, 3.8) is 0 Å². The smallest absolute Gasteiger partial charge is 0.222 e. The molecule has 1 rings (SSSR count). The van der Waals surface area contributed by atoms with Gasteiger partial charge >= 0.3 is 0 Å². The third-order valence-corrected chi connectivity index (χ3v) is 2.31. The summed E-state index contributed by atoms with van der Waals surface area (Å²) in [6.07, 6.45) is 0.758. The van der Waals surface area contributed by atoms with Crippen LogP contribution in [0.1, 0.15) is 34.1 Å². The predicted octanol–water partition coefficient (Wildman–Crippen LogP) is 2.15. The van der Waals surface area contributed by atoms with E-state index in [9.17, 15) is 4.79 Å². The first-order valence-corrected chi connectivity index (χ1v) is 4.85. The highest BCUT2D eigenvalue weighted by molar-refractivity contribution is 5.78. The van der Waals surface area contributed by atoms with Crippen LogP contribution < -0.4 is 0 Å². The van der Waals surface area contributed by atoms with E-state index < -0.39 is 0 Å². The molecule has 0 aromatic carbocycles. The summed E-state index contributed by atoms with van der Waals surface area (Å²) in [5.41, 5.74) is 0. The van der Waals surface area contributed by atoms with Gasteiger partial charge in [-0.1, -0.05) is 27.7 Å². The number of amides is 1. The summed E-state index contributed by atoms with van der Waals surface area (Å²) in [4.78, 5) is 12.8. The molecule has 0 aliphatic carbocycles. The number of hydrogen-bond acceptors (Lipinski definition) is 1. The van der Waals surface area contributed by atoms with Crippen molar-refractivity contribution in [2.75, 3.05) is 13.6 Å².